The zero-order valence-corrected chi connectivity index (χ0v) is 23.5. The first-order valence-electron chi connectivity index (χ1n) is 13.5. The van der Waals surface area contributed by atoms with Crippen LogP contribution >= 0.6 is 0 Å². The van der Waals surface area contributed by atoms with Crippen molar-refractivity contribution in [2.75, 3.05) is 25.6 Å². The van der Waals surface area contributed by atoms with Crippen LogP contribution in [0.15, 0.2) is 54.6 Å². The minimum atomic E-state index is -3.58. The highest BCUT2D eigenvalue weighted by atomic mass is 32.2. The number of carbonyl (C=O) groups is 1. The van der Waals surface area contributed by atoms with Crippen LogP contribution in [-0.2, 0) is 26.0 Å². The van der Waals surface area contributed by atoms with E-state index in [9.17, 15) is 13.2 Å². The summed E-state index contributed by atoms with van der Waals surface area (Å²) in [6.45, 7) is 8.02. The first-order chi connectivity index (χ1) is 18.7. The lowest BCUT2D eigenvalue weighted by Gasteiger charge is -2.23. The SMILES string of the molecule is CCOCCOc1cc(C)c(-c2cccc3c2CC[C@H]3Oc2ccc(C3CC(=O)NS(=O)(=O)C3)cc2)c(C)c1. The Labute approximate surface area is 230 Å². The molecule has 7 nitrogen and oxygen atoms in total. The highest BCUT2D eigenvalue weighted by molar-refractivity contribution is 7.90. The lowest BCUT2D eigenvalue weighted by Crippen LogP contribution is -2.40. The Kier molecular flexibility index (Phi) is 7.96. The molecule has 1 N–H and O–H groups in total. The van der Waals surface area contributed by atoms with Crippen LogP contribution in [0.25, 0.3) is 11.1 Å². The first-order valence-corrected chi connectivity index (χ1v) is 15.1. The molecule has 1 aliphatic carbocycles. The fourth-order valence-electron chi connectivity index (χ4n) is 5.77. The van der Waals surface area contributed by atoms with E-state index in [1.54, 1.807) is 0 Å². The first kappa shape index (κ1) is 27.2. The third-order valence-corrected chi connectivity index (χ3v) is 8.82. The Balaban J connectivity index is 1.32. The van der Waals surface area contributed by atoms with Gasteiger partial charge in [0.15, 0.2) is 0 Å². The summed E-state index contributed by atoms with van der Waals surface area (Å²) in [5.74, 6) is 0.694. The molecule has 1 fully saturated rings. The molecule has 1 heterocycles. The summed E-state index contributed by atoms with van der Waals surface area (Å²) >= 11 is 0. The predicted octanol–water partition coefficient (Wildman–Crippen LogP) is 5.39. The highest BCUT2D eigenvalue weighted by Crippen LogP contribution is 2.42. The van der Waals surface area contributed by atoms with Crippen LogP contribution < -0.4 is 14.2 Å². The number of ether oxygens (including phenoxy) is 3. The molecule has 2 aliphatic rings. The van der Waals surface area contributed by atoms with Gasteiger partial charge in [0.25, 0.3) is 0 Å². The highest BCUT2D eigenvalue weighted by Gasteiger charge is 2.31. The van der Waals surface area contributed by atoms with E-state index in [4.69, 9.17) is 14.2 Å². The molecule has 0 saturated carbocycles. The van der Waals surface area contributed by atoms with Gasteiger partial charge in [-0.25, -0.2) is 8.42 Å². The largest absolute Gasteiger partial charge is 0.491 e. The van der Waals surface area contributed by atoms with Crippen LogP contribution in [0.1, 0.15) is 59.6 Å². The van der Waals surface area contributed by atoms with Gasteiger partial charge in [-0.2, -0.15) is 0 Å². The van der Waals surface area contributed by atoms with Crippen molar-refractivity contribution in [3.63, 3.8) is 0 Å². The lowest BCUT2D eigenvalue weighted by molar-refractivity contribution is -0.119. The Morgan fingerprint density at radius 1 is 0.974 bits per heavy atom. The second-order valence-corrected chi connectivity index (χ2v) is 12.0. The van der Waals surface area contributed by atoms with Crippen LogP contribution in [-0.4, -0.2) is 39.9 Å². The average Bonchev–Trinajstić information content (AvgIpc) is 3.29. The predicted molar refractivity (Wildman–Crippen MR) is 151 cm³/mol. The van der Waals surface area contributed by atoms with Gasteiger partial charge in [0.05, 0.1) is 12.4 Å². The fraction of sp³-hybridized carbons (Fsp3) is 0.387. The molecule has 39 heavy (non-hydrogen) atoms. The number of nitrogens with one attached hydrogen (secondary N) is 1. The lowest BCUT2D eigenvalue weighted by atomic mass is 9.90. The number of fused-ring (bicyclic) bond motifs is 1. The normalized spacial score (nSPS) is 19.8. The van der Waals surface area contributed by atoms with Crippen molar-refractivity contribution >= 4 is 15.9 Å². The minimum absolute atomic E-state index is 0.0616. The van der Waals surface area contributed by atoms with Crippen molar-refractivity contribution in [2.24, 2.45) is 0 Å². The minimum Gasteiger partial charge on any atom is -0.491 e. The summed E-state index contributed by atoms with van der Waals surface area (Å²) in [5, 5.41) is 0. The molecule has 5 rings (SSSR count). The smallest absolute Gasteiger partial charge is 0.235 e. The van der Waals surface area contributed by atoms with Gasteiger partial charge in [-0.05, 0) is 96.8 Å². The summed E-state index contributed by atoms with van der Waals surface area (Å²) in [7, 11) is -3.58. The second-order valence-electron chi connectivity index (χ2n) is 10.3. The van der Waals surface area contributed by atoms with Crippen LogP contribution in [0.3, 0.4) is 0 Å². The Hall–Kier alpha value is -3.36. The van der Waals surface area contributed by atoms with E-state index in [1.807, 2.05) is 31.2 Å². The topological polar surface area (TPSA) is 90.9 Å². The number of carbonyl (C=O) groups excluding carboxylic acids is 1. The van der Waals surface area contributed by atoms with Crippen molar-refractivity contribution in [3.8, 4) is 22.6 Å². The third kappa shape index (κ3) is 6.12. The summed E-state index contributed by atoms with van der Waals surface area (Å²) < 4.78 is 43.6. The molecule has 0 bridgehead atoms. The Morgan fingerprint density at radius 2 is 1.72 bits per heavy atom. The van der Waals surface area contributed by atoms with Crippen LogP contribution in [0, 0.1) is 13.8 Å². The molecule has 3 aromatic rings. The van der Waals surface area contributed by atoms with Gasteiger partial charge in [0.1, 0.15) is 24.2 Å². The van der Waals surface area contributed by atoms with Crippen molar-refractivity contribution < 1.29 is 27.4 Å². The summed E-state index contributed by atoms with van der Waals surface area (Å²) in [5.41, 5.74) is 8.16. The molecular weight excluding hydrogens is 514 g/mol. The van der Waals surface area contributed by atoms with Crippen molar-refractivity contribution in [2.45, 2.75) is 52.1 Å². The van der Waals surface area contributed by atoms with Crippen molar-refractivity contribution in [3.05, 3.63) is 82.4 Å². The maximum absolute atomic E-state index is 11.9. The molecule has 1 unspecified atom stereocenters. The maximum Gasteiger partial charge on any atom is 0.235 e. The molecule has 0 radical (unpaired) electrons. The van der Waals surface area contributed by atoms with Gasteiger partial charge < -0.3 is 14.2 Å². The quantitative estimate of drug-likeness (QED) is 0.360. The number of hydrogen-bond acceptors (Lipinski definition) is 6. The van der Waals surface area contributed by atoms with Crippen LogP contribution in [0.4, 0.5) is 0 Å². The molecule has 0 aromatic heterocycles. The van der Waals surface area contributed by atoms with Gasteiger partial charge >= 0.3 is 0 Å². The van der Waals surface area contributed by atoms with E-state index in [1.165, 1.54) is 33.4 Å². The third-order valence-electron chi connectivity index (χ3n) is 7.44. The molecule has 1 amide bonds. The number of benzene rings is 3. The number of rotatable bonds is 9. The zero-order valence-electron chi connectivity index (χ0n) is 22.7. The summed E-state index contributed by atoms with van der Waals surface area (Å²) in [4.78, 5) is 11.8. The van der Waals surface area contributed by atoms with Gasteiger partial charge in [-0.3, -0.25) is 9.52 Å². The van der Waals surface area contributed by atoms with Crippen LogP contribution in [0.5, 0.6) is 11.5 Å². The molecule has 0 spiro atoms. The van der Waals surface area contributed by atoms with Crippen LogP contribution in [0.2, 0.25) is 0 Å². The van der Waals surface area contributed by atoms with Gasteiger partial charge in [0.2, 0.25) is 15.9 Å². The molecule has 3 aromatic carbocycles. The molecule has 1 saturated heterocycles. The monoisotopic (exact) mass is 549 g/mol. The molecule has 8 heteroatoms. The molecule has 2 atom stereocenters. The van der Waals surface area contributed by atoms with E-state index in [0.29, 0.717) is 19.8 Å². The number of amides is 1. The second kappa shape index (κ2) is 11.4. The van der Waals surface area contributed by atoms with Gasteiger partial charge in [-0.15, -0.1) is 0 Å². The Morgan fingerprint density at radius 3 is 2.41 bits per heavy atom. The van der Waals surface area contributed by atoms with E-state index in [0.717, 1.165) is 29.9 Å². The van der Waals surface area contributed by atoms with Gasteiger partial charge in [-0.1, -0.05) is 30.3 Å². The Bertz CT molecular complexity index is 1440. The standard InChI is InChI=1S/C31H35NO6S/c1-4-36-14-15-37-25-16-20(2)31(21(3)17-25)28-7-5-6-27-26(28)12-13-29(27)38-24-10-8-22(9-11-24)23-18-30(33)32-39(34,35)19-23/h5-11,16-17,23,29H,4,12-15,18-19H2,1-3H3,(H,32,33)/t23?,29-/m1/s1. The summed E-state index contributed by atoms with van der Waals surface area (Å²) in [6, 6.07) is 18.1. The van der Waals surface area contributed by atoms with E-state index >= 15 is 0 Å². The van der Waals surface area contributed by atoms with E-state index in [2.05, 4.69) is 48.9 Å². The average molecular weight is 550 g/mol. The summed E-state index contributed by atoms with van der Waals surface area (Å²) in [6.07, 6.45) is 1.91. The van der Waals surface area contributed by atoms with Gasteiger partial charge in [0, 0.05) is 18.9 Å². The number of aryl methyl sites for hydroxylation is 2. The van der Waals surface area contributed by atoms with Crippen molar-refractivity contribution in [1.29, 1.82) is 0 Å². The molecule has 1 aliphatic heterocycles. The van der Waals surface area contributed by atoms with E-state index in [-0.39, 0.29) is 24.2 Å². The van der Waals surface area contributed by atoms with Crippen molar-refractivity contribution in [1.82, 2.24) is 4.72 Å². The maximum atomic E-state index is 11.9. The van der Waals surface area contributed by atoms with E-state index < -0.39 is 15.9 Å². The molecular formula is C31H35NO6S. The fourth-order valence-corrected chi connectivity index (χ4v) is 7.12. The number of sulfonamides is 1. The molecule has 206 valence electrons. The zero-order chi connectivity index (χ0) is 27.6. The number of hydrogen-bond donors (Lipinski definition) is 1.